The number of nitrogen functional groups attached to an aromatic ring is 1. The monoisotopic (exact) mass is 283 g/mol. The number of carbonyl (C=O) groups is 1. The molecule has 2 aromatic carbocycles. The molecule has 0 bridgehead atoms. The Kier molecular flexibility index (Phi) is 3.31. The first-order valence-electron chi connectivity index (χ1n) is 6.53. The van der Waals surface area contributed by atoms with Gasteiger partial charge in [0.25, 0.3) is 5.91 Å². The van der Waals surface area contributed by atoms with Crippen LogP contribution in [0, 0.1) is 5.82 Å². The quantitative estimate of drug-likeness (QED) is 0.647. The van der Waals surface area contributed by atoms with Crippen LogP contribution in [-0.2, 0) is 6.54 Å². The van der Waals surface area contributed by atoms with Crippen LogP contribution in [0.2, 0.25) is 0 Å². The number of aromatic nitrogens is 1. The van der Waals surface area contributed by atoms with Crippen molar-refractivity contribution >= 4 is 22.5 Å². The predicted molar refractivity (Wildman–Crippen MR) is 80.3 cm³/mol. The standard InChI is InChI=1S/C16H14FN3O/c17-11-3-1-10(2-4-11)8-20-16(21)14-9-19-15-6-5-12(18)7-13(14)15/h1-7,9,19H,8,18H2,(H,20,21). The number of nitrogens with one attached hydrogen (secondary N) is 2. The average Bonchev–Trinajstić information content (AvgIpc) is 2.89. The third kappa shape index (κ3) is 2.72. The highest BCUT2D eigenvalue weighted by atomic mass is 19.1. The van der Waals surface area contributed by atoms with E-state index in [-0.39, 0.29) is 11.7 Å². The Morgan fingerprint density at radius 1 is 1.19 bits per heavy atom. The van der Waals surface area contributed by atoms with Gasteiger partial charge in [-0.3, -0.25) is 4.79 Å². The van der Waals surface area contributed by atoms with Crippen molar-refractivity contribution in [2.45, 2.75) is 6.54 Å². The number of amides is 1. The fourth-order valence-corrected chi connectivity index (χ4v) is 2.21. The van der Waals surface area contributed by atoms with Crippen molar-refractivity contribution in [2.24, 2.45) is 0 Å². The maximum Gasteiger partial charge on any atom is 0.253 e. The zero-order chi connectivity index (χ0) is 14.8. The molecule has 3 rings (SSSR count). The maximum atomic E-state index is 12.8. The summed E-state index contributed by atoms with van der Waals surface area (Å²) in [6.07, 6.45) is 1.66. The number of nitrogens with two attached hydrogens (primary N) is 1. The van der Waals surface area contributed by atoms with Crippen LogP contribution in [0.1, 0.15) is 15.9 Å². The van der Waals surface area contributed by atoms with Gasteiger partial charge in [0, 0.05) is 29.3 Å². The van der Waals surface area contributed by atoms with Gasteiger partial charge in [0.05, 0.1) is 5.56 Å². The first-order valence-corrected chi connectivity index (χ1v) is 6.53. The van der Waals surface area contributed by atoms with Crippen LogP contribution < -0.4 is 11.1 Å². The van der Waals surface area contributed by atoms with Gasteiger partial charge >= 0.3 is 0 Å². The molecule has 0 unspecified atom stereocenters. The van der Waals surface area contributed by atoms with Gasteiger partial charge in [-0.05, 0) is 35.9 Å². The summed E-state index contributed by atoms with van der Waals surface area (Å²) in [4.78, 5) is 15.3. The second-order valence-electron chi connectivity index (χ2n) is 4.82. The molecule has 1 heterocycles. The van der Waals surface area contributed by atoms with Crippen LogP contribution in [0.5, 0.6) is 0 Å². The van der Waals surface area contributed by atoms with Gasteiger partial charge in [0.1, 0.15) is 5.82 Å². The fourth-order valence-electron chi connectivity index (χ4n) is 2.21. The fraction of sp³-hybridized carbons (Fsp3) is 0.0625. The minimum Gasteiger partial charge on any atom is -0.399 e. The molecule has 1 aromatic heterocycles. The molecule has 0 saturated heterocycles. The van der Waals surface area contributed by atoms with E-state index in [1.54, 1.807) is 30.5 Å². The van der Waals surface area contributed by atoms with E-state index in [0.717, 1.165) is 16.5 Å². The molecule has 106 valence electrons. The molecule has 0 spiro atoms. The summed E-state index contributed by atoms with van der Waals surface area (Å²) >= 11 is 0. The van der Waals surface area contributed by atoms with E-state index in [9.17, 15) is 9.18 Å². The molecular formula is C16H14FN3O. The lowest BCUT2D eigenvalue weighted by Crippen LogP contribution is -2.22. The Labute approximate surface area is 120 Å². The lowest BCUT2D eigenvalue weighted by atomic mass is 10.1. The van der Waals surface area contributed by atoms with Crippen molar-refractivity contribution < 1.29 is 9.18 Å². The second kappa shape index (κ2) is 5.28. The van der Waals surface area contributed by atoms with E-state index >= 15 is 0 Å². The van der Waals surface area contributed by atoms with Crippen molar-refractivity contribution in [3.8, 4) is 0 Å². The third-order valence-electron chi connectivity index (χ3n) is 3.32. The molecule has 0 aliphatic rings. The number of carbonyl (C=O) groups excluding carboxylic acids is 1. The van der Waals surface area contributed by atoms with Crippen molar-refractivity contribution in [1.82, 2.24) is 10.3 Å². The number of benzene rings is 2. The van der Waals surface area contributed by atoms with Crippen molar-refractivity contribution in [1.29, 1.82) is 0 Å². The van der Waals surface area contributed by atoms with Gasteiger partial charge in [0.15, 0.2) is 0 Å². The zero-order valence-electron chi connectivity index (χ0n) is 11.2. The highest BCUT2D eigenvalue weighted by Crippen LogP contribution is 2.20. The van der Waals surface area contributed by atoms with E-state index in [4.69, 9.17) is 5.73 Å². The van der Waals surface area contributed by atoms with Crippen LogP contribution in [0.25, 0.3) is 10.9 Å². The number of fused-ring (bicyclic) bond motifs is 1. The summed E-state index contributed by atoms with van der Waals surface area (Å²) in [5, 5.41) is 3.59. The Hall–Kier alpha value is -2.82. The van der Waals surface area contributed by atoms with Crippen LogP contribution in [0.4, 0.5) is 10.1 Å². The summed E-state index contributed by atoms with van der Waals surface area (Å²) in [7, 11) is 0. The van der Waals surface area contributed by atoms with Crippen molar-refractivity contribution in [3.05, 3.63) is 65.6 Å². The maximum absolute atomic E-state index is 12.8. The normalized spacial score (nSPS) is 10.7. The molecule has 1 amide bonds. The molecule has 3 aromatic rings. The number of hydrogen-bond acceptors (Lipinski definition) is 2. The number of anilines is 1. The summed E-state index contributed by atoms with van der Waals surface area (Å²) in [5.74, 6) is -0.492. The third-order valence-corrected chi connectivity index (χ3v) is 3.32. The van der Waals surface area contributed by atoms with E-state index in [2.05, 4.69) is 10.3 Å². The molecular weight excluding hydrogens is 269 g/mol. The molecule has 21 heavy (non-hydrogen) atoms. The zero-order valence-corrected chi connectivity index (χ0v) is 11.2. The molecule has 0 aliphatic heterocycles. The van der Waals surface area contributed by atoms with Crippen molar-refractivity contribution in [3.63, 3.8) is 0 Å². The summed E-state index contributed by atoms with van der Waals surface area (Å²) in [6.45, 7) is 0.341. The largest absolute Gasteiger partial charge is 0.399 e. The van der Waals surface area contributed by atoms with Crippen LogP contribution >= 0.6 is 0 Å². The van der Waals surface area contributed by atoms with E-state index < -0.39 is 0 Å². The lowest BCUT2D eigenvalue weighted by Gasteiger charge is -2.05. The van der Waals surface area contributed by atoms with Crippen LogP contribution in [0.15, 0.2) is 48.7 Å². The molecule has 4 nitrogen and oxygen atoms in total. The Morgan fingerprint density at radius 3 is 2.71 bits per heavy atom. The number of hydrogen-bond donors (Lipinski definition) is 3. The molecule has 0 saturated carbocycles. The summed E-state index contributed by atoms with van der Waals surface area (Å²) in [5.41, 5.74) is 8.59. The summed E-state index contributed by atoms with van der Waals surface area (Å²) < 4.78 is 12.8. The number of halogens is 1. The Balaban J connectivity index is 1.78. The minimum atomic E-state index is -0.294. The molecule has 0 radical (unpaired) electrons. The van der Waals surface area contributed by atoms with E-state index in [1.165, 1.54) is 12.1 Å². The number of H-pyrrole nitrogens is 1. The van der Waals surface area contributed by atoms with E-state index in [1.807, 2.05) is 6.07 Å². The van der Waals surface area contributed by atoms with Gasteiger partial charge in [-0.1, -0.05) is 12.1 Å². The number of aromatic amines is 1. The average molecular weight is 283 g/mol. The molecule has 0 aliphatic carbocycles. The first kappa shape index (κ1) is 13.2. The second-order valence-corrected chi connectivity index (χ2v) is 4.82. The molecule has 5 heteroatoms. The lowest BCUT2D eigenvalue weighted by molar-refractivity contribution is 0.0952. The minimum absolute atomic E-state index is 0.198. The first-order chi connectivity index (χ1) is 10.1. The predicted octanol–water partition coefficient (Wildman–Crippen LogP) is 2.82. The van der Waals surface area contributed by atoms with Crippen LogP contribution in [-0.4, -0.2) is 10.9 Å². The Morgan fingerprint density at radius 2 is 1.95 bits per heavy atom. The summed E-state index contributed by atoms with van der Waals surface area (Å²) in [6, 6.07) is 11.4. The van der Waals surface area contributed by atoms with Gasteiger partial charge in [-0.25, -0.2) is 4.39 Å². The van der Waals surface area contributed by atoms with Gasteiger partial charge in [0.2, 0.25) is 0 Å². The molecule has 0 fully saturated rings. The van der Waals surface area contributed by atoms with E-state index in [0.29, 0.717) is 17.8 Å². The molecule has 4 N–H and O–H groups in total. The van der Waals surface area contributed by atoms with Gasteiger partial charge in [-0.2, -0.15) is 0 Å². The van der Waals surface area contributed by atoms with Gasteiger partial charge in [-0.15, -0.1) is 0 Å². The Bertz CT molecular complexity index is 793. The van der Waals surface area contributed by atoms with Gasteiger partial charge < -0.3 is 16.0 Å². The topological polar surface area (TPSA) is 70.9 Å². The molecule has 0 atom stereocenters. The highest BCUT2D eigenvalue weighted by Gasteiger charge is 2.11. The number of rotatable bonds is 3. The smallest absolute Gasteiger partial charge is 0.253 e. The van der Waals surface area contributed by atoms with Crippen LogP contribution in [0.3, 0.4) is 0 Å². The highest BCUT2D eigenvalue weighted by molar-refractivity contribution is 6.07. The SMILES string of the molecule is Nc1ccc2[nH]cc(C(=O)NCc3ccc(F)cc3)c2c1. The van der Waals surface area contributed by atoms with Crippen molar-refractivity contribution in [2.75, 3.05) is 5.73 Å².